The molecule has 0 aliphatic heterocycles. The summed E-state index contributed by atoms with van der Waals surface area (Å²) in [6.45, 7) is 2.28. The second-order valence-electron chi connectivity index (χ2n) is 8.02. The van der Waals surface area contributed by atoms with Crippen molar-refractivity contribution in [2.24, 2.45) is 5.92 Å². The molecule has 6 nitrogen and oxygen atoms in total. The number of carbonyl (C=O) groups is 1. The topological polar surface area (TPSA) is 69.0 Å². The summed E-state index contributed by atoms with van der Waals surface area (Å²) >= 11 is 1.41. The molecule has 3 aromatic rings. The smallest absolute Gasteiger partial charge is 0.230 e. The quantitative estimate of drug-likeness (QED) is 0.542. The molecule has 1 amide bonds. The van der Waals surface area contributed by atoms with Crippen LogP contribution < -0.4 is 10.1 Å². The lowest BCUT2D eigenvalue weighted by Gasteiger charge is -2.26. The van der Waals surface area contributed by atoms with E-state index in [1.165, 1.54) is 24.6 Å². The standard InChI is InChI=1S/C24H28N4O2S/c1-17-8-10-19(11-9-17)25-22(29)16-31-24-27-26-23(18-6-4-3-5-7-18)28(24)20-12-14-21(30-2)15-13-20/h3-7,12-15,17,19H,8-11,16H2,1-2H3,(H,25,29). The van der Waals surface area contributed by atoms with E-state index in [9.17, 15) is 4.79 Å². The van der Waals surface area contributed by atoms with Crippen molar-refractivity contribution in [1.82, 2.24) is 20.1 Å². The van der Waals surface area contributed by atoms with Crippen molar-refractivity contribution < 1.29 is 9.53 Å². The number of ether oxygens (including phenoxy) is 1. The first kappa shape index (κ1) is 21.4. The maximum Gasteiger partial charge on any atom is 0.230 e. The number of nitrogens with zero attached hydrogens (tertiary/aromatic N) is 3. The Bertz CT molecular complexity index is 996. The zero-order valence-corrected chi connectivity index (χ0v) is 18.8. The number of aromatic nitrogens is 3. The van der Waals surface area contributed by atoms with Gasteiger partial charge in [0.15, 0.2) is 11.0 Å². The van der Waals surface area contributed by atoms with Gasteiger partial charge >= 0.3 is 0 Å². The van der Waals surface area contributed by atoms with Crippen molar-refractivity contribution in [2.75, 3.05) is 12.9 Å². The molecule has 1 heterocycles. The molecule has 0 atom stereocenters. The molecule has 0 saturated heterocycles. The molecule has 1 aliphatic rings. The van der Waals surface area contributed by atoms with E-state index in [0.29, 0.717) is 17.0 Å². The lowest BCUT2D eigenvalue weighted by molar-refractivity contribution is -0.119. The van der Waals surface area contributed by atoms with E-state index in [2.05, 4.69) is 22.4 Å². The summed E-state index contributed by atoms with van der Waals surface area (Å²) in [5.74, 6) is 2.66. The van der Waals surface area contributed by atoms with E-state index >= 15 is 0 Å². The highest BCUT2D eigenvalue weighted by atomic mass is 32.2. The van der Waals surface area contributed by atoms with Crippen LogP contribution in [0.15, 0.2) is 59.8 Å². The number of rotatable bonds is 7. The van der Waals surface area contributed by atoms with E-state index in [1.807, 2.05) is 59.2 Å². The average Bonchev–Trinajstić information content (AvgIpc) is 3.24. The first-order valence-corrected chi connectivity index (χ1v) is 11.7. The number of benzene rings is 2. The Labute approximate surface area is 187 Å². The third kappa shape index (κ3) is 5.28. The molecule has 1 aliphatic carbocycles. The van der Waals surface area contributed by atoms with Crippen molar-refractivity contribution >= 4 is 17.7 Å². The Morgan fingerprint density at radius 1 is 1.06 bits per heavy atom. The first-order chi connectivity index (χ1) is 15.1. The minimum absolute atomic E-state index is 0.0510. The Morgan fingerprint density at radius 3 is 2.45 bits per heavy atom. The van der Waals surface area contributed by atoms with Gasteiger partial charge in [0, 0.05) is 17.3 Å². The lowest BCUT2D eigenvalue weighted by atomic mass is 9.87. The molecular weight excluding hydrogens is 408 g/mol. The summed E-state index contributed by atoms with van der Waals surface area (Å²) in [6, 6.07) is 18.0. The first-order valence-electron chi connectivity index (χ1n) is 10.7. The maximum absolute atomic E-state index is 12.6. The highest BCUT2D eigenvalue weighted by Gasteiger charge is 2.21. The van der Waals surface area contributed by atoms with Gasteiger partial charge in [0.05, 0.1) is 12.9 Å². The molecule has 1 fully saturated rings. The lowest BCUT2D eigenvalue weighted by Crippen LogP contribution is -2.38. The van der Waals surface area contributed by atoms with Gasteiger partial charge in [0.2, 0.25) is 5.91 Å². The number of hydrogen-bond donors (Lipinski definition) is 1. The fourth-order valence-corrected chi connectivity index (χ4v) is 4.67. The molecule has 162 valence electrons. The zero-order chi connectivity index (χ0) is 21.6. The van der Waals surface area contributed by atoms with Gasteiger partial charge in [-0.15, -0.1) is 10.2 Å². The minimum atomic E-state index is 0.0510. The van der Waals surface area contributed by atoms with E-state index < -0.39 is 0 Å². The monoisotopic (exact) mass is 436 g/mol. The summed E-state index contributed by atoms with van der Waals surface area (Å²) in [6.07, 6.45) is 4.50. The molecule has 1 N–H and O–H groups in total. The summed E-state index contributed by atoms with van der Waals surface area (Å²) in [4.78, 5) is 12.6. The van der Waals surface area contributed by atoms with Gasteiger partial charge in [-0.05, 0) is 55.9 Å². The molecule has 4 rings (SSSR count). The third-order valence-electron chi connectivity index (χ3n) is 5.71. The second kappa shape index (κ2) is 10.0. The fraction of sp³-hybridized carbons (Fsp3) is 0.375. The molecule has 1 saturated carbocycles. The molecule has 0 bridgehead atoms. The highest BCUT2D eigenvalue weighted by Crippen LogP contribution is 2.29. The summed E-state index contributed by atoms with van der Waals surface area (Å²) in [5, 5.41) is 12.7. The van der Waals surface area contributed by atoms with Crippen LogP contribution in [0.5, 0.6) is 5.75 Å². The van der Waals surface area contributed by atoms with Gasteiger partial charge in [-0.25, -0.2) is 0 Å². The van der Waals surface area contributed by atoms with Gasteiger partial charge in [0.25, 0.3) is 0 Å². The van der Waals surface area contributed by atoms with Crippen molar-refractivity contribution in [3.63, 3.8) is 0 Å². The van der Waals surface area contributed by atoms with E-state index in [4.69, 9.17) is 4.74 Å². The van der Waals surface area contributed by atoms with Gasteiger partial charge in [-0.3, -0.25) is 9.36 Å². The molecule has 7 heteroatoms. The second-order valence-corrected chi connectivity index (χ2v) is 8.96. The number of thioether (sulfide) groups is 1. The summed E-state index contributed by atoms with van der Waals surface area (Å²) in [5.41, 5.74) is 1.90. The van der Waals surface area contributed by atoms with E-state index in [1.54, 1.807) is 7.11 Å². The largest absolute Gasteiger partial charge is 0.497 e. The zero-order valence-electron chi connectivity index (χ0n) is 18.0. The molecule has 0 unspecified atom stereocenters. The van der Waals surface area contributed by atoms with Crippen LogP contribution in [-0.2, 0) is 4.79 Å². The minimum Gasteiger partial charge on any atom is -0.497 e. The number of carbonyl (C=O) groups excluding carboxylic acids is 1. The Hall–Kier alpha value is -2.80. The number of amides is 1. The third-order valence-corrected chi connectivity index (χ3v) is 6.64. The Balaban J connectivity index is 1.53. The molecule has 2 aromatic carbocycles. The number of nitrogens with one attached hydrogen (secondary N) is 1. The number of methoxy groups -OCH3 is 1. The summed E-state index contributed by atoms with van der Waals surface area (Å²) in [7, 11) is 1.65. The van der Waals surface area contributed by atoms with Crippen molar-refractivity contribution in [1.29, 1.82) is 0 Å². The molecule has 31 heavy (non-hydrogen) atoms. The van der Waals surface area contributed by atoms with E-state index in [0.717, 1.165) is 41.6 Å². The predicted octanol–water partition coefficient (Wildman–Crippen LogP) is 4.73. The van der Waals surface area contributed by atoms with Crippen molar-refractivity contribution in [3.05, 3.63) is 54.6 Å². The van der Waals surface area contributed by atoms with E-state index in [-0.39, 0.29) is 5.91 Å². The van der Waals surface area contributed by atoms with Gasteiger partial charge in [-0.1, -0.05) is 49.0 Å². The van der Waals surface area contributed by atoms with Crippen LogP contribution in [0.3, 0.4) is 0 Å². The molecule has 1 aromatic heterocycles. The fourth-order valence-electron chi connectivity index (χ4n) is 3.91. The van der Waals surface area contributed by atoms with Gasteiger partial charge in [-0.2, -0.15) is 0 Å². The molecule has 0 spiro atoms. The highest BCUT2D eigenvalue weighted by molar-refractivity contribution is 7.99. The Morgan fingerprint density at radius 2 is 1.77 bits per heavy atom. The predicted molar refractivity (Wildman–Crippen MR) is 124 cm³/mol. The molecule has 0 radical (unpaired) electrons. The van der Waals surface area contributed by atoms with Crippen LogP contribution in [0.2, 0.25) is 0 Å². The normalized spacial score (nSPS) is 18.5. The molecular formula is C24H28N4O2S. The SMILES string of the molecule is COc1ccc(-n2c(SCC(=O)NC3CCC(C)CC3)nnc2-c2ccccc2)cc1. The Kier molecular flexibility index (Phi) is 6.92. The average molecular weight is 437 g/mol. The summed E-state index contributed by atoms with van der Waals surface area (Å²) < 4.78 is 7.29. The van der Waals surface area contributed by atoms with Gasteiger partial charge < -0.3 is 10.1 Å². The van der Waals surface area contributed by atoms with Crippen LogP contribution >= 0.6 is 11.8 Å². The van der Waals surface area contributed by atoms with Crippen LogP contribution in [0.25, 0.3) is 17.1 Å². The van der Waals surface area contributed by atoms with Gasteiger partial charge in [0.1, 0.15) is 5.75 Å². The maximum atomic E-state index is 12.6. The number of hydrogen-bond acceptors (Lipinski definition) is 5. The van der Waals surface area contributed by atoms with Crippen molar-refractivity contribution in [3.8, 4) is 22.8 Å². The van der Waals surface area contributed by atoms with Crippen LogP contribution in [0, 0.1) is 5.92 Å². The van der Waals surface area contributed by atoms with Crippen LogP contribution in [-0.4, -0.2) is 39.6 Å². The van der Waals surface area contributed by atoms with Crippen LogP contribution in [0.1, 0.15) is 32.6 Å². The van der Waals surface area contributed by atoms with Crippen LogP contribution in [0.4, 0.5) is 0 Å². The van der Waals surface area contributed by atoms with Crippen molar-refractivity contribution in [2.45, 2.75) is 43.8 Å².